The number of amides is 3. The van der Waals surface area contributed by atoms with Gasteiger partial charge < -0.3 is 19.6 Å². The molecule has 1 aliphatic rings. The van der Waals surface area contributed by atoms with Crippen molar-refractivity contribution in [3.05, 3.63) is 46.9 Å². The van der Waals surface area contributed by atoms with E-state index >= 15 is 0 Å². The molecular weight excluding hydrogens is 555 g/mol. The number of aliphatic hydroxyl groups excluding tert-OH is 1. The largest absolute Gasteiger partial charge is 0.420 e. The Morgan fingerprint density at radius 3 is 2.30 bits per heavy atom. The summed E-state index contributed by atoms with van der Waals surface area (Å²) in [4.78, 5) is 33.7. The van der Waals surface area contributed by atoms with Crippen molar-refractivity contribution in [2.75, 3.05) is 57.1 Å². The summed E-state index contributed by atoms with van der Waals surface area (Å²) in [5.74, 6) is -2.27. The Kier molecular flexibility index (Phi) is 8.84. The summed E-state index contributed by atoms with van der Waals surface area (Å²) in [7, 11) is 4.36. The fourth-order valence-electron chi connectivity index (χ4n) is 3.97. The van der Waals surface area contributed by atoms with Gasteiger partial charge in [0.2, 0.25) is 0 Å². The topological polar surface area (TPSA) is 89.5 Å². The monoisotopic (exact) mass is 581 g/mol. The van der Waals surface area contributed by atoms with E-state index in [0.29, 0.717) is 9.80 Å². The van der Waals surface area contributed by atoms with E-state index in [1.54, 1.807) is 19.0 Å². The molecular formula is C24H26F7N5O4. The lowest BCUT2D eigenvalue weighted by molar-refractivity contribution is -0.143. The van der Waals surface area contributed by atoms with Crippen LogP contribution in [-0.2, 0) is 12.4 Å². The van der Waals surface area contributed by atoms with Gasteiger partial charge in [0.15, 0.2) is 5.75 Å². The second-order valence-corrected chi connectivity index (χ2v) is 9.33. The average Bonchev–Trinajstić information content (AvgIpc) is 3.17. The van der Waals surface area contributed by atoms with Crippen molar-refractivity contribution in [2.24, 2.45) is 0 Å². The molecule has 2 heterocycles. The zero-order valence-electron chi connectivity index (χ0n) is 21.8. The van der Waals surface area contributed by atoms with Crippen molar-refractivity contribution in [1.29, 1.82) is 0 Å². The van der Waals surface area contributed by atoms with Crippen molar-refractivity contribution in [3.8, 4) is 5.75 Å². The first-order valence-corrected chi connectivity index (χ1v) is 11.7. The summed E-state index contributed by atoms with van der Waals surface area (Å²) < 4.78 is 102. The van der Waals surface area contributed by atoms with Gasteiger partial charge in [-0.05, 0) is 45.3 Å². The summed E-state index contributed by atoms with van der Waals surface area (Å²) in [5.41, 5.74) is -4.75. The lowest BCUT2D eigenvalue weighted by Gasteiger charge is -2.26. The second kappa shape index (κ2) is 11.4. The molecule has 1 saturated heterocycles. The number of nitrogens with zero attached hydrogens (tertiary/aromatic N) is 5. The van der Waals surface area contributed by atoms with E-state index in [9.17, 15) is 45.4 Å². The summed E-state index contributed by atoms with van der Waals surface area (Å²) in [6, 6.07) is 1.07. The van der Waals surface area contributed by atoms with Crippen LogP contribution in [0.2, 0.25) is 0 Å². The number of likely N-dealkylation sites (N-methyl/N-ethyl adjacent to an activating group) is 1. The molecule has 2 aromatic rings. The van der Waals surface area contributed by atoms with Crippen LogP contribution in [0.15, 0.2) is 24.3 Å². The molecule has 0 spiro atoms. The van der Waals surface area contributed by atoms with Crippen LogP contribution >= 0.6 is 0 Å². The Hall–Kier alpha value is -3.66. The molecule has 40 heavy (non-hydrogen) atoms. The third-order valence-electron chi connectivity index (χ3n) is 5.91. The van der Waals surface area contributed by atoms with Gasteiger partial charge in [-0.1, -0.05) is 0 Å². The molecule has 9 nitrogen and oxygen atoms in total. The SMILES string of the molecule is Cc1nc(N(C)C(=O)Oc2c(N3CCN(CC(O)CN(C)C)C3=O)cc(C(F)(F)F)cc2C(F)(F)F)ccc1F. The number of halogens is 7. The number of alkyl halides is 6. The van der Waals surface area contributed by atoms with Crippen molar-refractivity contribution in [3.63, 3.8) is 0 Å². The zero-order chi connectivity index (χ0) is 30.2. The van der Waals surface area contributed by atoms with Gasteiger partial charge >= 0.3 is 24.5 Å². The highest BCUT2D eigenvalue weighted by molar-refractivity contribution is 5.97. The molecule has 1 atom stereocenters. The first-order chi connectivity index (χ1) is 18.4. The highest BCUT2D eigenvalue weighted by Crippen LogP contribution is 2.47. The lowest BCUT2D eigenvalue weighted by atomic mass is 10.1. The van der Waals surface area contributed by atoms with Crippen LogP contribution in [0.5, 0.6) is 5.75 Å². The quantitative estimate of drug-likeness (QED) is 0.489. The number of hydrogen-bond donors (Lipinski definition) is 1. The maximum absolute atomic E-state index is 14.0. The van der Waals surface area contributed by atoms with E-state index in [2.05, 4.69) is 4.98 Å². The molecule has 0 bridgehead atoms. The van der Waals surface area contributed by atoms with E-state index in [1.807, 2.05) is 0 Å². The van der Waals surface area contributed by atoms with E-state index in [1.165, 1.54) is 6.92 Å². The molecule has 1 N–H and O–H groups in total. The molecule has 3 rings (SSSR count). The number of hydrogen-bond acceptors (Lipinski definition) is 6. The Morgan fingerprint density at radius 1 is 1.10 bits per heavy atom. The predicted octanol–water partition coefficient (Wildman–Crippen LogP) is 4.37. The number of benzene rings is 1. The number of β-amino-alcohol motifs (C(OH)–C–C–N with tert-alkyl or cyclic N) is 1. The summed E-state index contributed by atoms with van der Waals surface area (Å²) >= 11 is 0. The Labute approximate surface area is 224 Å². The third kappa shape index (κ3) is 6.91. The smallest absolute Gasteiger partial charge is 0.407 e. The second-order valence-electron chi connectivity index (χ2n) is 9.33. The molecule has 220 valence electrons. The van der Waals surface area contributed by atoms with Crippen LogP contribution in [0, 0.1) is 12.7 Å². The number of aryl methyl sites for hydroxylation is 1. The van der Waals surface area contributed by atoms with Crippen molar-refractivity contribution in [1.82, 2.24) is 14.8 Å². The number of aliphatic hydroxyl groups is 1. The van der Waals surface area contributed by atoms with E-state index in [-0.39, 0.29) is 49.8 Å². The van der Waals surface area contributed by atoms with Crippen LogP contribution in [0.1, 0.15) is 16.8 Å². The van der Waals surface area contributed by atoms with Crippen LogP contribution in [0.3, 0.4) is 0 Å². The molecule has 0 radical (unpaired) electrons. The van der Waals surface area contributed by atoms with Gasteiger partial charge in [0.1, 0.15) is 17.2 Å². The maximum atomic E-state index is 14.0. The van der Waals surface area contributed by atoms with E-state index < -0.39 is 59.0 Å². The van der Waals surface area contributed by atoms with E-state index in [4.69, 9.17) is 4.74 Å². The lowest BCUT2D eigenvalue weighted by Crippen LogP contribution is -2.40. The number of aromatic nitrogens is 1. The number of anilines is 2. The molecule has 1 aromatic heterocycles. The highest BCUT2D eigenvalue weighted by Gasteiger charge is 2.44. The minimum Gasteiger partial charge on any atom is -0.407 e. The molecule has 3 amide bonds. The number of carbonyl (C=O) groups excluding carboxylic acids is 2. The van der Waals surface area contributed by atoms with Gasteiger partial charge in [-0.25, -0.2) is 19.0 Å². The first-order valence-electron chi connectivity index (χ1n) is 11.7. The van der Waals surface area contributed by atoms with Gasteiger partial charge in [-0.3, -0.25) is 9.80 Å². The van der Waals surface area contributed by atoms with E-state index in [0.717, 1.165) is 24.1 Å². The number of carbonyl (C=O) groups is 2. The third-order valence-corrected chi connectivity index (χ3v) is 5.91. The van der Waals surface area contributed by atoms with Gasteiger partial charge in [0, 0.05) is 33.2 Å². The van der Waals surface area contributed by atoms with Gasteiger partial charge in [0.25, 0.3) is 0 Å². The molecule has 0 saturated carbocycles. The van der Waals surface area contributed by atoms with Gasteiger partial charge in [-0.15, -0.1) is 0 Å². The maximum Gasteiger partial charge on any atom is 0.420 e. The Bertz CT molecular complexity index is 1270. The van der Waals surface area contributed by atoms with Crippen LogP contribution in [0.4, 0.5) is 51.8 Å². The molecule has 0 aliphatic carbocycles. The number of ether oxygens (including phenoxy) is 1. The van der Waals surface area contributed by atoms with Gasteiger partial charge in [-0.2, -0.15) is 26.3 Å². The fraction of sp³-hybridized carbons (Fsp3) is 0.458. The number of rotatable bonds is 7. The number of urea groups is 1. The molecule has 1 aromatic carbocycles. The number of pyridine rings is 1. The van der Waals surface area contributed by atoms with Gasteiger partial charge in [0.05, 0.1) is 23.0 Å². The summed E-state index contributed by atoms with van der Waals surface area (Å²) in [6.07, 6.45) is -13.2. The molecule has 1 fully saturated rings. The first kappa shape index (κ1) is 30.9. The molecule has 16 heteroatoms. The van der Waals surface area contributed by atoms with Crippen molar-refractivity contribution in [2.45, 2.75) is 25.4 Å². The highest BCUT2D eigenvalue weighted by atomic mass is 19.4. The van der Waals surface area contributed by atoms with Crippen LogP contribution in [0.25, 0.3) is 0 Å². The minimum atomic E-state index is -5.43. The Morgan fingerprint density at radius 2 is 1.75 bits per heavy atom. The van der Waals surface area contributed by atoms with Crippen LogP contribution < -0.4 is 14.5 Å². The Balaban J connectivity index is 2.07. The van der Waals surface area contributed by atoms with Crippen molar-refractivity contribution < 1.29 is 50.2 Å². The van der Waals surface area contributed by atoms with Crippen molar-refractivity contribution >= 4 is 23.6 Å². The zero-order valence-corrected chi connectivity index (χ0v) is 21.8. The normalized spacial score (nSPS) is 15.2. The predicted molar refractivity (Wildman–Crippen MR) is 129 cm³/mol. The minimum absolute atomic E-state index is 0.132. The average molecular weight is 581 g/mol. The standard InChI is InChI=1S/C24H26F7N5O4/c1-13-17(25)5-6-19(32-13)34(4)22(39)40-20-16(24(29,30)31)9-14(23(26,27)28)10-18(20)36-8-7-35(21(36)38)12-15(37)11-33(2)3/h5-6,9-10,15,37H,7-8,11-12H2,1-4H3. The van der Waals surface area contributed by atoms with Crippen LogP contribution in [-0.4, -0.2) is 85.4 Å². The summed E-state index contributed by atoms with van der Waals surface area (Å²) in [5, 5.41) is 10.2. The summed E-state index contributed by atoms with van der Waals surface area (Å²) in [6.45, 7) is 0.676. The molecule has 1 unspecified atom stereocenters. The fourth-order valence-corrected chi connectivity index (χ4v) is 3.97. The molecule has 1 aliphatic heterocycles.